The van der Waals surface area contributed by atoms with Gasteiger partial charge in [0.1, 0.15) is 6.33 Å². The van der Waals surface area contributed by atoms with Crippen molar-refractivity contribution in [1.29, 1.82) is 0 Å². The molecule has 1 aliphatic rings. The molecular weight excluding hydrogens is 330 g/mol. The lowest BCUT2D eigenvalue weighted by Crippen LogP contribution is -2.18. The van der Waals surface area contributed by atoms with Crippen LogP contribution in [-0.2, 0) is 6.54 Å². The molecule has 0 radical (unpaired) electrons. The zero-order valence-corrected chi connectivity index (χ0v) is 13.8. The van der Waals surface area contributed by atoms with Gasteiger partial charge in [0, 0.05) is 17.6 Å². The second-order valence-electron chi connectivity index (χ2n) is 5.78. The predicted molar refractivity (Wildman–Crippen MR) is 93.3 cm³/mol. The van der Waals surface area contributed by atoms with Gasteiger partial charge < -0.3 is 10.6 Å². The second kappa shape index (κ2) is 7.44. The summed E-state index contributed by atoms with van der Waals surface area (Å²) in [7, 11) is 0. The van der Waals surface area contributed by atoms with Crippen LogP contribution in [0, 0.1) is 10.1 Å². The second-order valence-corrected chi connectivity index (χ2v) is 6.22. The summed E-state index contributed by atoms with van der Waals surface area (Å²) >= 11 is 5.86. The number of nitro groups is 1. The van der Waals surface area contributed by atoms with Gasteiger partial charge in [-0.2, -0.15) is 0 Å². The fourth-order valence-corrected chi connectivity index (χ4v) is 2.96. The molecule has 1 aliphatic carbocycles. The van der Waals surface area contributed by atoms with E-state index in [0.717, 1.165) is 31.2 Å². The highest BCUT2D eigenvalue weighted by molar-refractivity contribution is 6.30. The summed E-state index contributed by atoms with van der Waals surface area (Å²) in [5, 5.41) is 18.4. The van der Waals surface area contributed by atoms with Crippen LogP contribution in [-0.4, -0.2) is 20.9 Å². The fourth-order valence-electron chi connectivity index (χ4n) is 2.84. The molecule has 1 aromatic heterocycles. The molecule has 0 saturated heterocycles. The van der Waals surface area contributed by atoms with Gasteiger partial charge in [0.25, 0.3) is 0 Å². The molecular formula is C16H18ClN5O2. The first-order chi connectivity index (χ1) is 11.6. The average Bonchev–Trinajstić information content (AvgIpc) is 3.07. The topological polar surface area (TPSA) is 93.0 Å². The van der Waals surface area contributed by atoms with E-state index in [4.69, 9.17) is 11.6 Å². The van der Waals surface area contributed by atoms with E-state index in [1.807, 2.05) is 12.1 Å². The Bertz CT molecular complexity index is 717. The summed E-state index contributed by atoms with van der Waals surface area (Å²) < 4.78 is 0. The van der Waals surface area contributed by atoms with Gasteiger partial charge in [0.15, 0.2) is 0 Å². The van der Waals surface area contributed by atoms with Gasteiger partial charge in [-0.25, -0.2) is 9.97 Å². The van der Waals surface area contributed by atoms with Gasteiger partial charge in [-0.3, -0.25) is 10.1 Å². The molecule has 0 bridgehead atoms. The zero-order valence-electron chi connectivity index (χ0n) is 13.0. The Morgan fingerprint density at radius 3 is 2.50 bits per heavy atom. The smallest absolute Gasteiger partial charge is 0.353 e. The van der Waals surface area contributed by atoms with Crippen molar-refractivity contribution in [1.82, 2.24) is 9.97 Å². The van der Waals surface area contributed by atoms with Crippen LogP contribution in [0.25, 0.3) is 0 Å². The highest BCUT2D eigenvalue weighted by Crippen LogP contribution is 2.31. The Labute approximate surface area is 144 Å². The molecule has 3 rings (SSSR count). The number of aromatic nitrogens is 2. The molecule has 0 aliphatic heterocycles. The molecule has 2 N–H and O–H groups in total. The van der Waals surface area contributed by atoms with Crippen molar-refractivity contribution in [2.24, 2.45) is 0 Å². The van der Waals surface area contributed by atoms with Gasteiger partial charge in [-0.1, -0.05) is 36.6 Å². The van der Waals surface area contributed by atoms with Crippen LogP contribution in [0.2, 0.25) is 5.02 Å². The Balaban J connectivity index is 1.78. The first kappa shape index (κ1) is 16.4. The lowest BCUT2D eigenvalue weighted by atomic mass is 10.2. The van der Waals surface area contributed by atoms with Crippen LogP contribution in [0.3, 0.4) is 0 Å². The van der Waals surface area contributed by atoms with Crippen LogP contribution in [0.5, 0.6) is 0 Å². The van der Waals surface area contributed by atoms with Crippen LogP contribution in [0.4, 0.5) is 17.3 Å². The van der Waals surface area contributed by atoms with Gasteiger partial charge in [-0.15, -0.1) is 0 Å². The summed E-state index contributed by atoms with van der Waals surface area (Å²) in [6.45, 7) is 0.415. The van der Waals surface area contributed by atoms with Crippen molar-refractivity contribution >= 4 is 28.9 Å². The van der Waals surface area contributed by atoms with Crippen molar-refractivity contribution in [3.05, 3.63) is 51.3 Å². The summed E-state index contributed by atoms with van der Waals surface area (Å²) in [5.41, 5.74) is 0.843. The third-order valence-electron chi connectivity index (χ3n) is 4.07. The van der Waals surface area contributed by atoms with Crippen molar-refractivity contribution in [2.45, 2.75) is 38.3 Å². The van der Waals surface area contributed by atoms with Crippen molar-refractivity contribution in [3.63, 3.8) is 0 Å². The summed E-state index contributed by atoms with van der Waals surface area (Å²) in [6, 6.07) is 7.52. The Morgan fingerprint density at radius 1 is 1.17 bits per heavy atom. The summed E-state index contributed by atoms with van der Waals surface area (Å²) in [5.74, 6) is 0.492. The number of benzene rings is 1. The third-order valence-corrected chi connectivity index (χ3v) is 4.33. The lowest BCUT2D eigenvalue weighted by Gasteiger charge is -2.14. The van der Waals surface area contributed by atoms with E-state index >= 15 is 0 Å². The average molecular weight is 348 g/mol. The molecule has 126 valence electrons. The molecule has 2 aromatic rings. The third kappa shape index (κ3) is 3.91. The normalized spacial score (nSPS) is 14.5. The molecule has 0 unspecified atom stereocenters. The van der Waals surface area contributed by atoms with E-state index in [0.29, 0.717) is 11.6 Å². The van der Waals surface area contributed by atoms with Crippen LogP contribution >= 0.6 is 11.6 Å². The first-order valence-electron chi connectivity index (χ1n) is 7.87. The van der Waals surface area contributed by atoms with Crippen LogP contribution < -0.4 is 10.6 Å². The number of anilines is 2. The van der Waals surface area contributed by atoms with Crippen molar-refractivity contribution < 1.29 is 4.92 Å². The molecule has 0 spiro atoms. The number of halogens is 1. The highest BCUT2D eigenvalue weighted by Gasteiger charge is 2.25. The van der Waals surface area contributed by atoms with E-state index in [1.54, 1.807) is 12.1 Å². The maximum absolute atomic E-state index is 11.5. The monoisotopic (exact) mass is 347 g/mol. The summed E-state index contributed by atoms with van der Waals surface area (Å²) in [6.07, 6.45) is 5.63. The SMILES string of the molecule is O=[N+]([O-])c1c(NCc2ccc(Cl)cc2)ncnc1NC1CCCC1. The number of hydrogen-bond acceptors (Lipinski definition) is 6. The molecule has 1 saturated carbocycles. The van der Waals surface area contributed by atoms with Crippen molar-refractivity contribution in [2.75, 3.05) is 10.6 Å². The molecule has 24 heavy (non-hydrogen) atoms. The van der Waals surface area contributed by atoms with Gasteiger partial charge in [0.05, 0.1) is 4.92 Å². The molecule has 0 amide bonds. The summed E-state index contributed by atoms with van der Waals surface area (Å²) in [4.78, 5) is 19.2. The molecule has 7 nitrogen and oxygen atoms in total. The van der Waals surface area contributed by atoms with E-state index in [2.05, 4.69) is 20.6 Å². The minimum Gasteiger partial charge on any atom is -0.361 e. The lowest BCUT2D eigenvalue weighted by molar-refractivity contribution is -0.383. The molecule has 1 aromatic carbocycles. The molecule has 1 fully saturated rings. The first-order valence-corrected chi connectivity index (χ1v) is 8.25. The van der Waals surface area contributed by atoms with Gasteiger partial charge in [-0.05, 0) is 30.5 Å². The van der Waals surface area contributed by atoms with E-state index in [-0.39, 0.29) is 23.4 Å². The van der Waals surface area contributed by atoms with E-state index in [9.17, 15) is 10.1 Å². The molecule has 1 heterocycles. The number of hydrogen-bond donors (Lipinski definition) is 2. The van der Waals surface area contributed by atoms with Crippen LogP contribution in [0.15, 0.2) is 30.6 Å². The quantitative estimate of drug-likeness (QED) is 0.606. The van der Waals surface area contributed by atoms with Gasteiger partial charge >= 0.3 is 5.69 Å². The number of nitrogens with one attached hydrogen (secondary N) is 2. The number of nitrogens with zero attached hydrogens (tertiary/aromatic N) is 3. The largest absolute Gasteiger partial charge is 0.361 e. The Morgan fingerprint density at radius 2 is 1.83 bits per heavy atom. The predicted octanol–water partition coefficient (Wildman–Crippen LogP) is 4.00. The minimum atomic E-state index is -0.443. The van der Waals surface area contributed by atoms with Gasteiger partial charge in [0.2, 0.25) is 11.6 Å². The van der Waals surface area contributed by atoms with E-state index < -0.39 is 4.92 Å². The van der Waals surface area contributed by atoms with Crippen LogP contribution in [0.1, 0.15) is 31.2 Å². The van der Waals surface area contributed by atoms with Crippen molar-refractivity contribution in [3.8, 4) is 0 Å². The maximum atomic E-state index is 11.5. The Kier molecular flexibility index (Phi) is 5.10. The minimum absolute atomic E-state index is 0.113. The highest BCUT2D eigenvalue weighted by atomic mass is 35.5. The molecule has 8 heteroatoms. The van der Waals surface area contributed by atoms with E-state index in [1.165, 1.54) is 6.33 Å². The fraction of sp³-hybridized carbons (Fsp3) is 0.375. The number of rotatable bonds is 6. The molecule has 0 atom stereocenters. The standard InChI is InChI=1S/C16H18ClN5O2/c17-12-7-5-11(6-8-12)9-18-15-14(22(23)24)16(20-10-19-15)21-13-3-1-2-4-13/h5-8,10,13H,1-4,9H2,(H2,18,19,20,21). The Hall–Kier alpha value is -2.41. The maximum Gasteiger partial charge on any atom is 0.353 e. The zero-order chi connectivity index (χ0) is 16.9.